The summed E-state index contributed by atoms with van der Waals surface area (Å²) >= 11 is 0. The molecule has 0 spiro atoms. The van der Waals surface area contributed by atoms with Gasteiger partial charge in [-0.2, -0.15) is 0 Å². The Bertz CT molecular complexity index is 808. The van der Waals surface area contributed by atoms with Crippen LogP contribution in [0.5, 0.6) is 5.75 Å². The molecular weight excluding hydrogens is 346 g/mol. The van der Waals surface area contributed by atoms with Crippen molar-refractivity contribution in [2.45, 2.75) is 25.2 Å². The molecule has 9 heteroatoms. The van der Waals surface area contributed by atoms with Crippen molar-refractivity contribution in [3.8, 4) is 5.75 Å². The van der Waals surface area contributed by atoms with Crippen LogP contribution in [0, 0.1) is 13.8 Å². The van der Waals surface area contributed by atoms with Crippen LogP contribution < -0.4 is 14.8 Å². The van der Waals surface area contributed by atoms with Gasteiger partial charge < -0.3 is 14.6 Å². The first-order valence-corrected chi connectivity index (χ1v) is 9.14. The van der Waals surface area contributed by atoms with Crippen molar-refractivity contribution in [1.82, 2.24) is 15.2 Å². The predicted octanol–water partition coefficient (Wildman–Crippen LogP) is 0.937. The van der Waals surface area contributed by atoms with Gasteiger partial charge in [-0.3, -0.25) is 4.79 Å². The number of carbonyl (C=O) groups excluding carboxylic acids is 1. The lowest BCUT2D eigenvalue weighted by Gasteiger charge is -2.08. The number of amides is 1. The third-order valence-corrected chi connectivity index (χ3v) is 5.20. The summed E-state index contributed by atoms with van der Waals surface area (Å²) in [5, 5.41) is 6.27. The van der Waals surface area contributed by atoms with E-state index in [2.05, 4.69) is 15.2 Å². The lowest BCUT2D eigenvalue weighted by Crippen LogP contribution is -2.37. The van der Waals surface area contributed by atoms with Gasteiger partial charge in [-0.1, -0.05) is 17.3 Å². The number of carbonyl (C=O) groups is 1. The van der Waals surface area contributed by atoms with Crippen LogP contribution in [-0.4, -0.2) is 39.7 Å². The van der Waals surface area contributed by atoms with Crippen molar-refractivity contribution in [3.05, 3.63) is 41.3 Å². The highest BCUT2D eigenvalue weighted by Gasteiger charge is 2.24. The molecule has 8 nitrogen and oxygen atoms in total. The molecule has 0 saturated heterocycles. The summed E-state index contributed by atoms with van der Waals surface area (Å²) in [6, 6.07) is 7.50. The number of nitrogens with one attached hydrogen (secondary N) is 2. The van der Waals surface area contributed by atoms with Crippen LogP contribution in [0.25, 0.3) is 0 Å². The highest BCUT2D eigenvalue weighted by molar-refractivity contribution is 7.89. The van der Waals surface area contributed by atoms with Gasteiger partial charge in [-0.25, -0.2) is 13.1 Å². The van der Waals surface area contributed by atoms with E-state index >= 15 is 0 Å². The summed E-state index contributed by atoms with van der Waals surface area (Å²) in [5.41, 5.74) is 1.29. The zero-order valence-corrected chi connectivity index (χ0v) is 15.1. The quantitative estimate of drug-likeness (QED) is 0.718. The topological polar surface area (TPSA) is 111 Å². The van der Waals surface area contributed by atoms with Crippen molar-refractivity contribution in [2.75, 3.05) is 20.2 Å². The van der Waals surface area contributed by atoms with Gasteiger partial charge in [0.05, 0.1) is 13.7 Å². The Labute approximate surface area is 146 Å². The molecule has 1 amide bonds. The molecule has 1 aromatic heterocycles. The Morgan fingerprint density at radius 3 is 2.48 bits per heavy atom. The Balaban J connectivity index is 1.80. The van der Waals surface area contributed by atoms with Crippen molar-refractivity contribution < 1.29 is 22.5 Å². The molecule has 0 unspecified atom stereocenters. The lowest BCUT2D eigenvalue weighted by molar-refractivity contribution is -0.119. The number of methoxy groups -OCH3 is 1. The van der Waals surface area contributed by atoms with Crippen LogP contribution in [0.15, 0.2) is 33.7 Å². The summed E-state index contributed by atoms with van der Waals surface area (Å²) in [4.78, 5) is 11.8. The molecule has 0 aliphatic rings. The third-order valence-electron chi connectivity index (χ3n) is 3.55. The molecule has 2 N–H and O–H groups in total. The largest absolute Gasteiger partial charge is 0.497 e. The molecule has 2 aromatic rings. The van der Waals surface area contributed by atoms with E-state index in [0.717, 1.165) is 11.3 Å². The smallest absolute Gasteiger partial charge is 0.246 e. The number of benzene rings is 1. The van der Waals surface area contributed by atoms with Crippen LogP contribution >= 0.6 is 0 Å². The van der Waals surface area contributed by atoms with Crippen LogP contribution in [-0.2, 0) is 21.2 Å². The number of aryl methyl sites for hydroxylation is 2. The van der Waals surface area contributed by atoms with Crippen molar-refractivity contribution in [3.63, 3.8) is 0 Å². The molecule has 2 rings (SSSR count). The van der Waals surface area contributed by atoms with Crippen LogP contribution in [0.3, 0.4) is 0 Å². The van der Waals surface area contributed by atoms with E-state index in [1.54, 1.807) is 7.11 Å². The summed E-state index contributed by atoms with van der Waals surface area (Å²) in [5.74, 6) is 0.537. The SMILES string of the molecule is COc1ccc(CCNC(=O)CNS(=O)(=O)c2c(C)noc2C)cc1. The average molecular weight is 367 g/mol. The van der Waals surface area contributed by atoms with E-state index in [0.29, 0.717) is 13.0 Å². The number of nitrogens with zero attached hydrogens (tertiary/aromatic N) is 1. The second-order valence-electron chi connectivity index (χ2n) is 5.43. The van der Waals surface area contributed by atoms with Gasteiger partial charge in [-0.15, -0.1) is 0 Å². The second-order valence-corrected chi connectivity index (χ2v) is 7.13. The van der Waals surface area contributed by atoms with E-state index < -0.39 is 15.9 Å². The number of ether oxygens (including phenoxy) is 1. The predicted molar refractivity (Wildman–Crippen MR) is 90.9 cm³/mol. The minimum atomic E-state index is -3.84. The van der Waals surface area contributed by atoms with Crippen molar-refractivity contribution >= 4 is 15.9 Å². The summed E-state index contributed by atoms with van der Waals surface area (Å²) in [6.07, 6.45) is 0.631. The Morgan fingerprint density at radius 1 is 1.24 bits per heavy atom. The summed E-state index contributed by atoms with van der Waals surface area (Å²) in [6.45, 7) is 3.08. The summed E-state index contributed by atoms with van der Waals surface area (Å²) < 4.78 is 36.6. The monoisotopic (exact) mass is 367 g/mol. The molecule has 0 radical (unpaired) electrons. The molecule has 25 heavy (non-hydrogen) atoms. The van der Waals surface area contributed by atoms with Crippen molar-refractivity contribution in [2.24, 2.45) is 0 Å². The van der Waals surface area contributed by atoms with E-state index in [-0.39, 0.29) is 22.9 Å². The van der Waals surface area contributed by atoms with Crippen molar-refractivity contribution in [1.29, 1.82) is 0 Å². The maximum atomic E-state index is 12.2. The molecular formula is C16H21N3O5S. The fraction of sp³-hybridized carbons (Fsp3) is 0.375. The molecule has 0 bridgehead atoms. The first-order valence-electron chi connectivity index (χ1n) is 7.65. The molecule has 0 aliphatic carbocycles. The Hall–Kier alpha value is -2.39. The number of hydrogen-bond donors (Lipinski definition) is 2. The standard InChI is InChI=1S/C16H21N3O5S/c1-11-16(12(2)24-19-11)25(21,22)18-10-15(20)17-9-8-13-4-6-14(23-3)7-5-13/h4-7,18H,8-10H2,1-3H3,(H,17,20). The number of rotatable bonds is 8. The zero-order chi connectivity index (χ0) is 18.4. The maximum absolute atomic E-state index is 12.2. The normalized spacial score (nSPS) is 11.3. The highest BCUT2D eigenvalue weighted by atomic mass is 32.2. The Morgan fingerprint density at radius 2 is 1.92 bits per heavy atom. The van der Waals surface area contributed by atoms with Crippen LogP contribution in [0.2, 0.25) is 0 Å². The highest BCUT2D eigenvalue weighted by Crippen LogP contribution is 2.18. The minimum absolute atomic E-state index is 0.0291. The van der Waals surface area contributed by atoms with Gasteiger partial charge in [-0.05, 0) is 38.0 Å². The van der Waals surface area contributed by atoms with E-state index in [1.807, 2.05) is 24.3 Å². The molecule has 1 heterocycles. The van der Waals surface area contributed by atoms with Gasteiger partial charge in [0.15, 0.2) is 5.76 Å². The second kappa shape index (κ2) is 8.13. The van der Waals surface area contributed by atoms with Gasteiger partial charge in [0.2, 0.25) is 15.9 Å². The summed E-state index contributed by atoms with van der Waals surface area (Å²) in [7, 11) is -2.24. The van der Waals surface area contributed by atoms with Crippen LogP contribution in [0.1, 0.15) is 17.0 Å². The fourth-order valence-electron chi connectivity index (χ4n) is 2.29. The van der Waals surface area contributed by atoms with E-state index in [9.17, 15) is 13.2 Å². The maximum Gasteiger partial charge on any atom is 0.246 e. The lowest BCUT2D eigenvalue weighted by atomic mass is 10.1. The molecule has 0 fully saturated rings. The molecule has 1 aromatic carbocycles. The fourth-order valence-corrected chi connectivity index (χ4v) is 3.60. The number of hydrogen-bond acceptors (Lipinski definition) is 6. The molecule has 0 aliphatic heterocycles. The molecule has 0 saturated carbocycles. The van der Waals surface area contributed by atoms with Crippen LogP contribution in [0.4, 0.5) is 0 Å². The van der Waals surface area contributed by atoms with E-state index in [4.69, 9.17) is 9.26 Å². The number of sulfonamides is 1. The average Bonchev–Trinajstić information content (AvgIpc) is 2.93. The molecule has 0 atom stereocenters. The first kappa shape index (κ1) is 18.9. The third kappa shape index (κ3) is 5.04. The minimum Gasteiger partial charge on any atom is -0.497 e. The van der Waals surface area contributed by atoms with Gasteiger partial charge in [0.25, 0.3) is 0 Å². The van der Waals surface area contributed by atoms with E-state index in [1.165, 1.54) is 13.8 Å². The first-order chi connectivity index (χ1) is 11.8. The van der Waals surface area contributed by atoms with Gasteiger partial charge in [0.1, 0.15) is 16.3 Å². The van der Waals surface area contributed by atoms with Gasteiger partial charge >= 0.3 is 0 Å². The molecule has 136 valence electrons. The Kier molecular flexibility index (Phi) is 6.16. The van der Waals surface area contributed by atoms with Gasteiger partial charge in [0, 0.05) is 6.54 Å². The number of aromatic nitrogens is 1. The zero-order valence-electron chi connectivity index (χ0n) is 14.3.